The van der Waals surface area contributed by atoms with Crippen molar-refractivity contribution in [1.82, 2.24) is 14.1 Å². The Kier molecular flexibility index (Phi) is 5.51. The van der Waals surface area contributed by atoms with E-state index in [1.54, 1.807) is 4.31 Å². The van der Waals surface area contributed by atoms with Crippen molar-refractivity contribution in [2.45, 2.75) is 18.6 Å². The molecule has 0 spiro atoms. The van der Waals surface area contributed by atoms with E-state index in [0.717, 1.165) is 12.1 Å². The molecule has 0 bridgehead atoms. The van der Waals surface area contributed by atoms with Crippen molar-refractivity contribution in [2.24, 2.45) is 0 Å². The number of benzene rings is 1. The third-order valence-electron chi connectivity index (χ3n) is 4.40. The van der Waals surface area contributed by atoms with Gasteiger partial charge < -0.3 is 4.90 Å². The van der Waals surface area contributed by atoms with Crippen molar-refractivity contribution in [2.75, 3.05) is 31.1 Å². The zero-order valence-corrected chi connectivity index (χ0v) is 14.8. The van der Waals surface area contributed by atoms with Crippen LogP contribution in [0.2, 0.25) is 0 Å². The second-order valence-electron chi connectivity index (χ2n) is 6.13. The SMILES string of the molecule is O=C1CC(NS(=O)N2CCN(c3ccc(C(F)(F)F)cc3)CC2)C(=O)N1O. The van der Waals surface area contributed by atoms with Crippen molar-refractivity contribution in [3.8, 4) is 0 Å². The second kappa shape index (κ2) is 7.54. The van der Waals surface area contributed by atoms with Crippen LogP contribution in [0.4, 0.5) is 18.9 Å². The lowest BCUT2D eigenvalue weighted by Crippen LogP contribution is -2.51. The lowest BCUT2D eigenvalue weighted by atomic mass is 10.2. The first-order valence-corrected chi connectivity index (χ1v) is 9.18. The van der Waals surface area contributed by atoms with Gasteiger partial charge in [-0.3, -0.25) is 14.8 Å². The number of imide groups is 1. The zero-order valence-electron chi connectivity index (χ0n) is 14.0. The number of nitrogens with zero attached hydrogens (tertiary/aromatic N) is 3. The Balaban J connectivity index is 1.53. The first-order chi connectivity index (χ1) is 12.7. The molecule has 2 atom stereocenters. The number of hydrogen-bond donors (Lipinski definition) is 2. The summed E-state index contributed by atoms with van der Waals surface area (Å²) in [6, 6.07) is 3.78. The summed E-state index contributed by atoms with van der Waals surface area (Å²) < 4.78 is 54.3. The molecular formula is C15H17F3N4O4S. The Labute approximate surface area is 155 Å². The summed E-state index contributed by atoms with van der Waals surface area (Å²) in [5, 5.41) is 9.21. The number of hydroxylamine groups is 2. The molecule has 2 fully saturated rings. The Hall–Kier alpha value is -2.02. The molecule has 1 aromatic carbocycles. The molecule has 8 nitrogen and oxygen atoms in total. The molecule has 27 heavy (non-hydrogen) atoms. The van der Waals surface area contributed by atoms with Crippen molar-refractivity contribution in [1.29, 1.82) is 0 Å². The standard InChI is InChI=1S/C15H17F3N4O4S/c16-15(17,18)10-1-3-11(4-2-10)20-5-7-21(8-6-20)27(26)19-12-9-13(23)22(25)14(12)24/h1-4,12,19,25H,5-9H2. The van der Waals surface area contributed by atoms with Gasteiger partial charge in [0, 0.05) is 31.9 Å². The van der Waals surface area contributed by atoms with E-state index in [0.29, 0.717) is 31.9 Å². The van der Waals surface area contributed by atoms with Crippen LogP contribution in [0.3, 0.4) is 0 Å². The first-order valence-electron chi connectivity index (χ1n) is 8.07. The summed E-state index contributed by atoms with van der Waals surface area (Å²) in [5.74, 6) is -1.61. The highest BCUT2D eigenvalue weighted by Crippen LogP contribution is 2.30. The summed E-state index contributed by atoms with van der Waals surface area (Å²) in [7, 11) is 0. The van der Waals surface area contributed by atoms with Crippen LogP contribution in [-0.4, -0.2) is 62.8 Å². The van der Waals surface area contributed by atoms with Crippen molar-refractivity contribution >= 4 is 28.7 Å². The molecule has 2 amide bonds. The predicted octanol–water partition coefficient (Wildman–Crippen LogP) is 0.512. The number of rotatable bonds is 4. The van der Waals surface area contributed by atoms with Crippen LogP contribution < -0.4 is 9.62 Å². The molecule has 0 aromatic heterocycles. The molecule has 3 rings (SSSR count). The Morgan fingerprint density at radius 3 is 2.15 bits per heavy atom. The molecular weight excluding hydrogens is 389 g/mol. The number of carbonyl (C=O) groups excluding carboxylic acids is 2. The molecule has 2 N–H and O–H groups in total. The van der Waals surface area contributed by atoms with Crippen molar-refractivity contribution in [3.63, 3.8) is 0 Å². The highest BCUT2D eigenvalue weighted by atomic mass is 32.2. The van der Waals surface area contributed by atoms with Gasteiger partial charge in [-0.1, -0.05) is 0 Å². The summed E-state index contributed by atoms with van der Waals surface area (Å²) in [6.07, 6.45) is -4.66. The Bertz CT molecular complexity index is 750. The van der Waals surface area contributed by atoms with E-state index in [9.17, 15) is 32.2 Å². The van der Waals surface area contributed by atoms with E-state index in [1.165, 1.54) is 12.1 Å². The van der Waals surface area contributed by atoms with Gasteiger partial charge in [0.25, 0.3) is 11.8 Å². The number of nitrogens with one attached hydrogen (secondary N) is 1. The van der Waals surface area contributed by atoms with Crippen LogP contribution in [0.25, 0.3) is 0 Å². The van der Waals surface area contributed by atoms with Gasteiger partial charge in [-0.05, 0) is 24.3 Å². The Morgan fingerprint density at radius 2 is 1.67 bits per heavy atom. The summed E-state index contributed by atoms with van der Waals surface area (Å²) in [6.45, 7) is 1.56. The molecule has 0 radical (unpaired) electrons. The third kappa shape index (κ3) is 4.29. The van der Waals surface area contributed by atoms with Crippen molar-refractivity contribution in [3.05, 3.63) is 29.8 Å². The van der Waals surface area contributed by atoms with Crippen LogP contribution >= 0.6 is 0 Å². The fraction of sp³-hybridized carbons (Fsp3) is 0.467. The number of piperazine rings is 1. The maximum Gasteiger partial charge on any atom is 0.416 e. The maximum atomic E-state index is 12.6. The molecule has 2 saturated heterocycles. The van der Waals surface area contributed by atoms with Gasteiger partial charge in [0.1, 0.15) is 6.04 Å². The highest BCUT2D eigenvalue weighted by molar-refractivity contribution is 7.80. The monoisotopic (exact) mass is 406 g/mol. The average Bonchev–Trinajstić information content (AvgIpc) is 2.88. The Morgan fingerprint density at radius 1 is 1.07 bits per heavy atom. The minimum Gasteiger partial charge on any atom is -0.369 e. The molecule has 2 unspecified atom stereocenters. The van der Waals surface area contributed by atoms with Crippen LogP contribution in [0.15, 0.2) is 24.3 Å². The van der Waals surface area contributed by atoms with E-state index in [1.807, 2.05) is 4.90 Å². The van der Waals surface area contributed by atoms with Crippen LogP contribution in [0, 0.1) is 0 Å². The van der Waals surface area contributed by atoms with Gasteiger partial charge in [-0.25, -0.2) is 13.2 Å². The molecule has 0 aliphatic carbocycles. The lowest BCUT2D eigenvalue weighted by molar-refractivity contribution is -0.171. The number of alkyl halides is 3. The maximum absolute atomic E-state index is 12.6. The minimum atomic E-state index is -4.39. The number of amides is 2. The summed E-state index contributed by atoms with van der Waals surface area (Å²) >= 11 is -1.74. The van der Waals surface area contributed by atoms with Gasteiger partial charge in [0.2, 0.25) is 0 Å². The van der Waals surface area contributed by atoms with Gasteiger partial charge in [0.15, 0.2) is 11.2 Å². The largest absolute Gasteiger partial charge is 0.416 e. The van der Waals surface area contributed by atoms with Gasteiger partial charge in [0.05, 0.1) is 12.0 Å². The topological polar surface area (TPSA) is 93.2 Å². The van der Waals surface area contributed by atoms with Gasteiger partial charge >= 0.3 is 6.18 Å². The van der Waals surface area contributed by atoms with Crippen molar-refractivity contribution < 1.29 is 32.2 Å². The third-order valence-corrected chi connectivity index (χ3v) is 5.72. The second-order valence-corrected chi connectivity index (χ2v) is 7.38. The smallest absolute Gasteiger partial charge is 0.369 e. The van der Waals surface area contributed by atoms with E-state index < -0.39 is 40.8 Å². The van der Waals surface area contributed by atoms with Gasteiger partial charge in [-0.15, -0.1) is 0 Å². The summed E-state index contributed by atoms with van der Waals surface area (Å²) in [5.41, 5.74) is -0.0854. The normalized spacial score (nSPS) is 23.2. The molecule has 2 heterocycles. The number of halogens is 3. The summed E-state index contributed by atoms with van der Waals surface area (Å²) in [4.78, 5) is 24.8. The van der Waals surface area contributed by atoms with E-state index in [-0.39, 0.29) is 11.5 Å². The average molecular weight is 406 g/mol. The number of anilines is 1. The molecule has 148 valence electrons. The van der Waals surface area contributed by atoms with E-state index >= 15 is 0 Å². The number of carbonyl (C=O) groups is 2. The minimum absolute atomic E-state index is 0.0113. The lowest BCUT2D eigenvalue weighted by Gasteiger charge is -2.35. The van der Waals surface area contributed by atoms with Crippen LogP contribution in [0.5, 0.6) is 0 Å². The van der Waals surface area contributed by atoms with Crippen LogP contribution in [-0.2, 0) is 26.9 Å². The molecule has 2 aliphatic rings. The van der Waals surface area contributed by atoms with Gasteiger partial charge in [-0.2, -0.15) is 18.2 Å². The zero-order chi connectivity index (χ0) is 19.8. The molecule has 12 heteroatoms. The van der Waals surface area contributed by atoms with E-state index in [2.05, 4.69) is 4.72 Å². The fourth-order valence-electron chi connectivity index (χ4n) is 2.88. The first kappa shape index (κ1) is 19.7. The quantitative estimate of drug-likeness (QED) is 0.562. The predicted molar refractivity (Wildman–Crippen MR) is 88.6 cm³/mol. The molecule has 0 saturated carbocycles. The highest BCUT2D eigenvalue weighted by Gasteiger charge is 2.39. The van der Waals surface area contributed by atoms with Crippen LogP contribution in [0.1, 0.15) is 12.0 Å². The number of hydrogen-bond acceptors (Lipinski definition) is 5. The molecule has 2 aliphatic heterocycles. The van der Waals surface area contributed by atoms with E-state index in [4.69, 9.17) is 0 Å². The fourth-order valence-corrected chi connectivity index (χ4v) is 3.95. The molecule has 1 aromatic rings.